The van der Waals surface area contributed by atoms with Crippen LogP contribution in [0, 0.1) is 5.82 Å². The lowest BCUT2D eigenvalue weighted by Crippen LogP contribution is -2.16. The smallest absolute Gasteiger partial charge is 0.261 e. The van der Waals surface area contributed by atoms with Gasteiger partial charge in [-0.25, -0.2) is 12.8 Å². The van der Waals surface area contributed by atoms with E-state index in [2.05, 4.69) is 10.0 Å². The molecule has 0 aliphatic rings. The largest absolute Gasteiger partial charge is 0.319 e. The normalized spacial score (nSPS) is 11.2. The highest BCUT2D eigenvalue weighted by atomic mass is 35.5. The van der Waals surface area contributed by atoms with Crippen molar-refractivity contribution in [2.75, 3.05) is 10.0 Å². The van der Waals surface area contributed by atoms with Crippen molar-refractivity contribution in [3.8, 4) is 0 Å². The topological polar surface area (TPSA) is 75.3 Å². The molecule has 5 nitrogen and oxygen atoms in total. The number of rotatable bonds is 5. The molecule has 3 aromatic carbocycles. The molecule has 156 valence electrons. The van der Waals surface area contributed by atoms with Gasteiger partial charge in [-0.2, -0.15) is 0 Å². The number of carbonyl (C=O) groups is 1. The molecule has 2 N–H and O–H groups in total. The van der Waals surface area contributed by atoms with E-state index in [9.17, 15) is 17.6 Å². The van der Waals surface area contributed by atoms with Crippen molar-refractivity contribution in [2.24, 2.45) is 0 Å². The molecule has 0 unspecified atom stereocenters. The van der Waals surface area contributed by atoms with Crippen LogP contribution in [0.1, 0.15) is 10.4 Å². The fourth-order valence-electron chi connectivity index (χ4n) is 2.40. The number of hydrogen-bond donors (Lipinski definition) is 2. The molecule has 0 fully saturated rings. The van der Waals surface area contributed by atoms with Crippen molar-refractivity contribution in [3.63, 3.8) is 0 Å². The minimum atomic E-state index is -4.11. The molecule has 0 heterocycles. The van der Waals surface area contributed by atoms with Gasteiger partial charge in [-0.05, 0) is 54.6 Å². The zero-order valence-corrected chi connectivity index (χ0v) is 18.6. The van der Waals surface area contributed by atoms with Gasteiger partial charge in [-0.15, -0.1) is 0 Å². The summed E-state index contributed by atoms with van der Waals surface area (Å²) >= 11 is 23.4. The first-order valence-corrected chi connectivity index (χ1v) is 11.1. The lowest BCUT2D eigenvalue weighted by molar-refractivity contribution is 0.102. The van der Waals surface area contributed by atoms with Gasteiger partial charge in [0.2, 0.25) is 0 Å². The molecule has 11 heteroatoms. The lowest BCUT2D eigenvalue weighted by atomic mass is 10.2. The van der Waals surface area contributed by atoms with Crippen LogP contribution in [0.4, 0.5) is 15.8 Å². The summed E-state index contributed by atoms with van der Waals surface area (Å²) in [5.74, 6) is -1.63. The number of amides is 1. The van der Waals surface area contributed by atoms with Gasteiger partial charge in [-0.1, -0.05) is 46.4 Å². The van der Waals surface area contributed by atoms with Crippen LogP contribution < -0.4 is 10.0 Å². The van der Waals surface area contributed by atoms with Crippen LogP contribution in [0.5, 0.6) is 0 Å². The summed E-state index contributed by atoms with van der Waals surface area (Å²) in [5.41, 5.74) is 0.0116. The van der Waals surface area contributed by atoms with Crippen LogP contribution in [-0.2, 0) is 10.0 Å². The summed E-state index contributed by atoms with van der Waals surface area (Å²) in [6.07, 6.45) is 0. The Morgan fingerprint density at radius 3 is 2.20 bits per heavy atom. The van der Waals surface area contributed by atoms with E-state index in [0.717, 1.165) is 18.2 Å². The molecule has 0 aromatic heterocycles. The molecule has 3 aromatic rings. The molecule has 0 radical (unpaired) electrons. The van der Waals surface area contributed by atoms with E-state index in [-0.39, 0.29) is 36.9 Å². The van der Waals surface area contributed by atoms with Crippen molar-refractivity contribution < 1.29 is 17.6 Å². The third-order valence-electron chi connectivity index (χ3n) is 3.85. The summed E-state index contributed by atoms with van der Waals surface area (Å²) in [6, 6.07) is 11.4. The second kappa shape index (κ2) is 8.99. The molecule has 0 saturated heterocycles. The van der Waals surface area contributed by atoms with Gasteiger partial charge in [0, 0.05) is 5.02 Å². The molecule has 1 amide bonds. The number of sulfonamides is 1. The highest BCUT2D eigenvalue weighted by Gasteiger charge is 2.19. The zero-order chi connectivity index (χ0) is 22.1. The Kier molecular flexibility index (Phi) is 6.79. The fraction of sp³-hybridized carbons (Fsp3) is 0. The monoisotopic (exact) mass is 506 g/mol. The summed E-state index contributed by atoms with van der Waals surface area (Å²) < 4.78 is 41.8. The average molecular weight is 508 g/mol. The maximum Gasteiger partial charge on any atom is 0.261 e. The van der Waals surface area contributed by atoms with Gasteiger partial charge < -0.3 is 5.32 Å². The van der Waals surface area contributed by atoms with Crippen molar-refractivity contribution in [2.45, 2.75) is 4.90 Å². The Morgan fingerprint density at radius 2 is 1.57 bits per heavy atom. The third kappa shape index (κ3) is 5.17. The van der Waals surface area contributed by atoms with Crippen molar-refractivity contribution in [1.82, 2.24) is 0 Å². The Hall–Kier alpha value is -2.03. The standard InChI is InChI=1S/C19H11Cl4FN2O3S/c20-10-1-4-13(15(22)7-10)19(27)25-18-6-3-12(9-17(18)24)30(28,29)26-11-2-5-14(21)16(23)8-11/h1-9,26H,(H,25,27). The second-order valence-electron chi connectivity index (χ2n) is 5.95. The molecule has 0 aliphatic carbocycles. The number of hydrogen-bond acceptors (Lipinski definition) is 3. The second-order valence-corrected chi connectivity index (χ2v) is 9.29. The van der Waals surface area contributed by atoms with Crippen LogP contribution >= 0.6 is 46.4 Å². The number of benzene rings is 3. The molecular formula is C19H11Cl4FN2O3S. The average Bonchev–Trinajstić information content (AvgIpc) is 2.66. The van der Waals surface area contributed by atoms with Gasteiger partial charge in [-0.3, -0.25) is 9.52 Å². The number of anilines is 2. The Balaban J connectivity index is 1.81. The van der Waals surface area contributed by atoms with Gasteiger partial charge in [0.05, 0.1) is 36.9 Å². The number of carbonyl (C=O) groups excluding carboxylic acids is 1. The van der Waals surface area contributed by atoms with E-state index in [1.807, 2.05) is 0 Å². The maximum atomic E-state index is 14.5. The van der Waals surface area contributed by atoms with E-state index in [4.69, 9.17) is 46.4 Å². The first-order valence-electron chi connectivity index (χ1n) is 8.10. The molecular weight excluding hydrogens is 497 g/mol. The van der Waals surface area contributed by atoms with E-state index in [0.29, 0.717) is 5.02 Å². The predicted octanol–water partition coefficient (Wildman–Crippen LogP) is 6.49. The minimum absolute atomic E-state index is 0.0819. The molecule has 0 aliphatic heterocycles. The zero-order valence-electron chi connectivity index (χ0n) is 14.7. The highest BCUT2D eigenvalue weighted by molar-refractivity contribution is 7.92. The fourth-order valence-corrected chi connectivity index (χ4v) is 4.25. The van der Waals surface area contributed by atoms with Gasteiger partial charge in [0.1, 0.15) is 5.82 Å². The Morgan fingerprint density at radius 1 is 0.833 bits per heavy atom. The quantitative estimate of drug-likeness (QED) is 0.414. The van der Waals surface area contributed by atoms with E-state index in [1.165, 1.54) is 36.4 Å². The lowest BCUT2D eigenvalue weighted by Gasteiger charge is -2.11. The summed E-state index contributed by atoms with van der Waals surface area (Å²) in [4.78, 5) is 12.0. The van der Waals surface area contributed by atoms with Gasteiger partial charge >= 0.3 is 0 Å². The summed E-state index contributed by atoms with van der Waals surface area (Å²) in [7, 11) is -4.11. The first-order chi connectivity index (χ1) is 14.1. The molecule has 0 saturated carbocycles. The molecule has 3 rings (SSSR count). The van der Waals surface area contributed by atoms with Crippen LogP contribution in [0.3, 0.4) is 0 Å². The van der Waals surface area contributed by atoms with Crippen LogP contribution in [0.2, 0.25) is 20.1 Å². The Bertz CT molecular complexity index is 1250. The molecule has 0 bridgehead atoms. The molecule has 0 atom stereocenters. The van der Waals surface area contributed by atoms with Gasteiger partial charge in [0.15, 0.2) is 0 Å². The molecule has 0 spiro atoms. The van der Waals surface area contributed by atoms with Crippen LogP contribution in [0.25, 0.3) is 0 Å². The molecule has 30 heavy (non-hydrogen) atoms. The number of nitrogens with one attached hydrogen (secondary N) is 2. The van der Waals surface area contributed by atoms with Crippen molar-refractivity contribution >= 4 is 73.7 Å². The Labute approximate surface area is 191 Å². The van der Waals surface area contributed by atoms with Gasteiger partial charge in [0.25, 0.3) is 15.9 Å². The first kappa shape index (κ1) is 22.7. The summed E-state index contributed by atoms with van der Waals surface area (Å²) in [6.45, 7) is 0. The van der Waals surface area contributed by atoms with Crippen LogP contribution in [0.15, 0.2) is 59.5 Å². The SMILES string of the molecule is O=C(Nc1ccc(S(=O)(=O)Nc2ccc(Cl)c(Cl)c2)cc1F)c1ccc(Cl)cc1Cl. The van der Waals surface area contributed by atoms with E-state index < -0.39 is 21.7 Å². The maximum absolute atomic E-state index is 14.5. The van der Waals surface area contributed by atoms with E-state index in [1.54, 1.807) is 0 Å². The summed E-state index contributed by atoms with van der Waals surface area (Å²) in [5, 5.41) is 3.18. The van der Waals surface area contributed by atoms with Crippen molar-refractivity contribution in [3.05, 3.63) is 86.1 Å². The van der Waals surface area contributed by atoms with E-state index >= 15 is 0 Å². The predicted molar refractivity (Wildman–Crippen MR) is 118 cm³/mol. The van der Waals surface area contributed by atoms with Crippen LogP contribution in [-0.4, -0.2) is 14.3 Å². The minimum Gasteiger partial charge on any atom is -0.319 e. The number of halogens is 5. The third-order valence-corrected chi connectivity index (χ3v) is 6.51. The van der Waals surface area contributed by atoms with Crippen molar-refractivity contribution in [1.29, 1.82) is 0 Å². The highest BCUT2D eigenvalue weighted by Crippen LogP contribution is 2.28.